The number of aromatic nitrogens is 2. The summed E-state index contributed by atoms with van der Waals surface area (Å²) in [5, 5.41) is 8.14. The van der Waals surface area contributed by atoms with Crippen LogP contribution in [-0.2, 0) is 11.8 Å². The van der Waals surface area contributed by atoms with E-state index in [1.807, 2.05) is 18.2 Å². The molecule has 1 N–H and O–H groups in total. The summed E-state index contributed by atoms with van der Waals surface area (Å²) >= 11 is 0. The normalized spacial score (nSPS) is 26.9. The largest absolute Gasteiger partial charge is 0.493 e. The SMILES string of the molecule is COc1ccc(-c2cc([C@@H]3CN4CC[C@H]3C[C@@H]4CNC(=O)C3CCCCC3)n(C)n2)cc1OC. The summed E-state index contributed by atoms with van der Waals surface area (Å²) in [6, 6.07) is 8.67. The number of carbonyl (C=O) groups excluding carboxylic acids is 1. The smallest absolute Gasteiger partial charge is 0.223 e. The molecule has 3 aliphatic heterocycles. The molecule has 4 atom stereocenters. The topological polar surface area (TPSA) is 68.6 Å². The number of methoxy groups -OCH3 is 2. The number of amides is 1. The van der Waals surface area contributed by atoms with Crippen LogP contribution in [0.5, 0.6) is 11.5 Å². The molecular weight excluding hydrogens is 428 g/mol. The van der Waals surface area contributed by atoms with Gasteiger partial charge in [-0.15, -0.1) is 0 Å². The van der Waals surface area contributed by atoms with Crippen LogP contribution < -0.4 is 14.8 Å². The molecule has 1 aliphatic carbocycles. The lowest BCUT2D eigenvalue weighted by Gasteiger charge is -2.50. The average molecular weight is 467 g/mol. The fourth-order valence-corrected chi connectivity index (χ4v) is 6.38. The second-order valence-corrected chi connectivity index (χ2v) is 10.3. The first-order valence-electron chi connectivity index (χ1n) is 12.9. The van der Waals surface area contributed by atoms with Crippen LogP contribution in [0.2, 0.25) is 0 Å². The van der Waals surface area contributed by atoms with Crippen LogP contribution >= 0.6 is 0 Å². The molecule has 184 valence electrons. The molecule has 7 heteroatoms. The Kier molecular flexibility index (Phi) is 6.82. The van der Waals surface area contributed by atoms with Gasteiger partial charge in [-0.05, 0) is 62.4 Å². The van der Waals surface area contributed by atoms with Gasteiger partial charge in [0.2, 0.25) is 5.91 Å². The number of fused-ring (bicyclic) bond motifs is 3. The zero-order valence-corrected chi connectivity index (χ0v) is 20.8. The van der Waals surface area contributed by atoms with Crippen LogP contribution in [0.25, 0.3) is 11.3 Å². The van der Waals surface area contributed by atoms with Gasteiger partial charge in [0.1, 0.15) is 0 Å². The van der Waals surface area contributed by atoms with E-state index in [9.17, 15) is 4.79 Å². The van der Waals surface area contributed by atoms with Crippen molar-refractivity contribution >= 4 is 5.91 Å². The molecule has 0 spiro atoms. The van der Waals surface area contributed by atoms with E-state index in [1.54, 1.807) is 14.2 Å². The number of piperidine rings is 3. The molecule has 6 rings (SSSR count). The molecule has 1 aromatic heterocycles. The summed E-state index contributed by atoms with van der Waals surface area (Å²) in [4.78, 5) is 15.2. The van der Waals surface area contributed by atoms with Gasteiger partial charge in [-0.2, -0.15) is 5.10 Å². The minimum absolute atomic E-state index is 0.238. The summed E-state index contributed by atoms with van der Waals surface area (Å²) in [6.07, 6.45) is 8.18. The highest BCUT2D eigenvalue weighted by molar-refractivity contribution is 5.78. The predicted octanol–water partition coefficient (Wildman–Crippen LogP) is 3.98. The first-order chi connectivity index (χ1) is 16.6. The maximum Gasteiger partial charge on any atom is 0.223 e. The minimum atomic E-state index is 0.238. The van der Waals surface area contributed by atoms with Crippen LogP contribution in [-0.4, -0.2) is 60.5 Å². The standard InChI is InChI=1S/C27H38N4O3/c1-30-24(15-23(29-30)20-9-10-25(33-2)26(14-20)34-3)22-17-31-12-11-19(22)13-21(31)16-28-27(32)18-7-5-4-6-8-18/h9-10,14-15,18-19,21-22H,4-8,11-13,16-17H2,1-3H3,(H,28,32)/t19-,21+,22+/m0/s1. The molecule has 2 bridgehead atoms. The number of hydrogen-bond acceptors (Lipinski definition) is 5. The Morgan fingerprint density at radius 1 is 1.09 bits per heavy atom. The third kappa shape index (κ3) is 4.54. The molecule has 3 saturated heterocycles. The second kappa shape index (κ2) is 9.98. The maximum atomic E-state index is 12.6. The minimum Gasteiger partial charge on any atom is -0.493 e. The van der Waals surface area contributed by atoms with E-state index in [-0.39, 0.29) is 11.8 Å². The van der Waals surface area contributed by atoms with Crippen LogP contribution in [0.4, 0.5) is 0 Å². The van der Waals surface area contributed by atoms with E-state index >= 15 is 0 Å². The lowest BCUT2D eigenvalue weighted by Crippen LogP contribution is -2.56. The Morgan fingerprint density at radius 2 is 1.88 bits per heavy atom. The number of carbonyl (C=O) groups is 1. The quantitative estimate of drug-likeness (QED) is 0.669. The number of aryl methyl sites for hydroxylation is 1. The Hall–Kier alpha value is -2.54. The number of ether oxygens (including phenoxy) is 2. The zero-order valence-electron chi connectivity index (χ0n) is 20.8. The highest BCUT2D eigenvalue weighted by Crippen LogP contribution is 2.42. The monoisotopic (exact) mass is 466 g/mol. The van der Waals surface area contributed by atoms with Crippen LogP contribution in [0.3, 0.4) is 0 Å². The van der Waals surface area contributed by atoms with Crippen LogP contribution in [0.15, 0.2) is 24.3 Å². The molecule has 1 aromatic carbocycles. The lowest BCUT2D eigenvalue weighted by atomic mass is 9.74. The van der Waals surface area contributed by atoms with Crippen LogP contribution in [0, 0.1) is 11.8 Å². The van der Waals surface area contributed by atoms with Crippen molar-refractivity contribution < 1.29 is 14.3 Å². The van der Waals surface area contributed by atoms with Crippen molar-refractivity contribution in [3.05, 3.63) is 30.0 Å². The van der Waals surface area contributed by atoms with Gasteiger partial charge in [0.25, 0.3) is 0 Å². The van der Waals surface area contributed by atoms with Gasteiger partial charge in [-0.3, -0.25) is 14.4 Å². The summed E-state index contributed by atoms with van der Waals surface area (Å²) in [7, 11) is 5.37. The number of nitrogens with zero attached hydrogens (tertiary/aromatic N) is 3. The average Bonchev–Trinajstić information content (AvgIpc) is 3.29. The molecule has 2 aromatic rings. The molecule has 0 radical (unpaired) electrons. The Bertz CT molecular complexity index is 1010. The zero-order chi connectivity index (χ0) is 23.7. The Morgan fingerprint density at radius 3 is 2.59 bits per heavy atom. The van der Waals surface area contributed by atoms with Crippen molar-refractivity contribution in [2.75, 3.05) is 33.9 Å². The molecule has 34 heavy (non-hydrogen) atoms. The summed E-state index contributed by atoms with van der Waals surface area (Å²) in [5.74, 6) is 3.07. The van der Waals surface area contributed by atoms with E-state index in [0.29, 0.717) is 23.6 Å². The molecule has 4 fully saturated rings. The maximum absolute atomic E-state index is 12.6. The molecular formula is C27H38N4O3. The van der Waals surface area contributed by atoms with Gasteiger partial charge >= 0.3 is 0 Å². The van der Waals surface area contributed by atoms with Crippen molar-refractivity contribution in [2.45, 2.75) is 56.9 Å². The van der Waals surface area contributed by atoms with Crippen molar-refractivity contribution in [3.8, 4) is 22.8 Å². The second-order valence-electron chi connectivity index (χ2n) is 10.3. The number of hydrogen-bond donors (Lipinski definition) is 1. The fourth-order valence-electron chi connectivity index (χ4n) is 6.38. The van der Waals surface area contributed by atoms with E-state index in [4.69, 9.17) is 14.6 Å². The van der Waals surface area contributed by atoms with E-state index < -0.39 is 0 Å². The molecule has 1 unspecified atom stereocenters. The third-order valence-electron chi connectivity index (χ3n) is 8.34. The molecule has 7 nitrogen and oxygen atoms in total. The first-order valence-corrected chi connectivity index (χ1v) is 12.9. The van der Waals surface area contributed by atoms with E-state index in [1.165, 1.54) is 31.4 Å². The van der Waals surface area contributed by atoms with E-state index in [2.05, 4.69) is 28.0 Å². The highest BCUT2D eigenvalue weighted by Gasteiger charge is 2.42. The summed E-state index contributed by atoms with van der Waals surface area (Å²) in [5.41, 5.74) is 3.29. The fraction of sp³-hybridized carbons (Fsp3) is 0.630. The Balaban J connectivity index is 1.25. The first kappa shape index (κ1) is 23.2. The van der Waals surface area contributed by atoms with Crippen molar-refractivity contribution in [1.82, 2.24) is 20.0 Å². The van der Waals surface area contributed by atoms with Crippen molar-refractivity contribution in [3.63, 3.8) is 0 Å². The lowest BCUT2D eigenvalue weighted by molar-refractivity contribution is -0.126. The van der Waals surface area contributed by atoms with Gasteiger partial charge < -0.3 is 14.8 Å². The van der Waals surface area contributed by atoms with Gasteiger partial charge in [0, 0.05) is 49.3 Å². The Labute approximate surface area is 202 Å². The van der Waals surface area contributed by atoms with E-state index in [0.717, 1.165) is 55.9 Å². The van der Waals surface area contributed by atoms with Gasteiger partial charge in [-0.25, -0.2) is 0 Å². The highest BCUT2D eigenvalue weighted by atomic mass is 16.5. The molecule has 1 saturated carbocycles. The molecule has 4 heterocycles. The number of nitrogens with one attached hydrogen (secondary N) is 1. The molecule has 4 aliphatic rings. The molecule has 1 amide bonds. The van der Waals surface area contributed by atoms with Gasteiger partial charge in [0.05, 0.1) is 19.9 Å². The van der Waals surface area contributed by atoms with Gasteiger partial charge in [-0.1, -0.05) is 19.3 Å². The predicted molar refractivity (Wildman–Crippen MR) is 132 cm³/mol. The number of rotatable bonds is 7. The van der Waals surface area contributed by atoms with Crippen LogP contribution in [0.1, 0.15) is 56.6 Å². The van der Waals surface area contributed by atoms with Crippen molar-refractivity contribution in [2.24, 2.45) is 18.9 Å². The summed E-state index contributed by atoms with van der Waals surface area (Å²) < 4.78 is 12.9. The summed E-state index contributed by atoms with van der Waals surface area (Å²) in [6.45, 7) is 2.96. The van der Waals surface area contributed by atoms with Crippen molar-refractivity contribution in [1.29, 1.82) is 0 Å². The number of benzene rings is 1. The third-order valence-corrected chi connectivity index (χ3v) is 8.34. The van der Waals surface area contributed by atoms with Gasteiger partial charge in [0.15, 0.2) is 11.5 Å².